The number of amides is 1. The van der Waals surface area contributed by atoms with E-state index in [0.717, 1.165) is 25.0 Å². The zero-order valence-electron chi connectivity index (χ0n) is 9.78. The number of hydrogen-bond acceptors (Lipinski definition) is 3. The van der Waals surface area contributed by atoms with Crippen molar-refractivity contribution >= 4 is 17.7 Å². The number of carbonyl (C=O) groups is 1. The molecule has 0 radical (unpaired) electrons. The van der Waals surface area contributed by atoms with Crippen molar-refractivity contribution in [3.63, 3.8) is 0 Å². The maximum Gasteiger partial charge on any atom is 0.233 e. The lowest BCUT2D eigenvalue weighted by Crippen LogP contribution is -2.49. The molecule has 2 fully saturated rings. The second-order valence-electron chi connectivity index (χ2n) is 4.92. The molecule has 4 heteroatoms. The van der Waals surface area contributed by atoms with Crippen LogP contribution < -0.4 is 11.1 Å². The first-order chi connectivity index (χ1) is 7.77. The van der Waals surface area contributed by atoms with Gasteiger partial charge in [-0.25, -0.2) is 0 Å². The minimum atomic E-state index is 0.165. The Morgan fingerprint density at radius 1 is 1.12 bits per heavy atom. The van der Waals surface area contributed by atoms with Gasteiger partial charge in [-0.1, -0.05) is 19.3 Å². The molecule has 1 aliphatic heterocycles. The average Bonchev–Trinajstić information content (AvgIpc) is 2.73. The Kier molecular flexibility index (Phi) is 4.53. The van der Waals surface area contributed by atoms with E-state index < -0.39 is 0 Å². The van der Waals surface area contributed by atoms with Gasteiger partial charge in [-0.15, -0.1) is 11.8 Å². The van der Waals surface area contributed by atoms with E-state index in [9.17, 15) is 4.79 Å². The minimum absolute atomic E-state index is 0.165. The van der Waals surface area contributed by atoms with Crippen LogP contribution in [0.2, 0.25) is 0 Å². The molecular weight excluding hydrogens is 220 g/mol. The Hall–Kier alpha value is -0.220. The predicted octanol–water partition coefficient (Wildman–Crippen LogP) is 1.66. The van der Waals surface area contributed by atoms with E-state index in [1.807, 2.05) is 0 Å². The third-order valence-corrected chi connectivity index (χ3v) is 5.00. The van der Waals surface area contributed by atoms with Crippen molar-refractivity contribution in [2.45, 2.75) is 62.3 Å². The molecule has 2 rings (SSSR count). The van der Waals surface area contributed by atoms with Gasteiger partial charge in [0, 0.05) is 12.1 Å². The molecule has 0 aromatic rings. The summed E-state index contributed by atoms with van der Waals surface area (Å²) in [4.78, 5) is 12.0. The van der Waals surface area contributed by atoms with E-state index in [-0.39, 0.29) is 23.2 Å². The van der Waals surface area contributed by atoms with Crippen LogP contribution in [-0.2, 0) is 4.79 Å². The van der Waals surface area contributed by atoms with E-state index in [1.54, 1.807) is 11.8 Å². The van der Waals surface area contributed by atoms with Crippen LogP contribution in [0.1, 0.15) is 44.9 Å². The fourth-order valence-corrected chi connectivity index (χ4v) is 3.75. The van der Waals surface area contributed by atoms with Crippen molar-refractivity contribution in [1.29, 1.82) is 0 Å². The highest BCUT2D eigenvalue weighted by atomic mass is 32.2. The summed E-state index contributed by atoms with van der Waals surface area (Å²) < 4.78 is 0. The number of rotatable bonds is 2. The predicted molar refractivity (Wildman–Crippen MR) is 68.5 cm³/mol. The van der Waals surface area contributed by atoms with Crippen molar-refractivity contribution in [1.82, 2.24) is 5.32 Å². The lowest BCUT2D eigenvalue weighted by Gasteiger charge is -2.24. The normalized spacial score (nSPS) is 35.7. The van der Waals surface area contributed by atoms with Crippen LogP contribution in [0.3, 0.4) is 0 Å². The first-order valence-corrected chi connectivity index (χ1v) is 7.50. The molecule has 2 aliphatic rings. The molecule has 0 bridgehead atoms. The summed E-state index contributed by atoms with van der Waals surface area (Å²) >= 11 is 1.79. The lowest BCUT2D eigenvalue weighted by atomic mass is 10.0. The number of hydrogen-bond donors (Lipinski definition) is 2. The topological polar surface area (TPSA) is 55.1 Å². The number of nitrogens with two attached hydrogens (primary N) is 1. The fourth-order valence-electron chi connectivity index (χ4n) is 2.58. The molecule has 3 nitrogen and oxygen atoms in total. The molecular formula is C12H22N2OS. The van der Waals surface area contributed by atoms with Crippen molar-refractivity contribution in [2.75, 3.05) is 5.75 Å². The second-order valence-corrected chi connectivity index (χ2v) is 6.23. The van der Waals surface area contributed by atoms with Crippen LogP contribution in [0.5, 0.6) is 0 Å². The Balaban J connectivity index is 1.84. The number of nitrogens with one attached hydrogen (secondary N) is 1. The second kappa shape index (κ2) is 5.92. The standard InChI is InChI=1S/C12H22N2OS/c13-9-5-2-1-3-6-10(9)14-12(15)11-7-4-8-16-11/h9-11H,1-8,13H2,(H,14,15). The van der Waals surface area contributed by atoms with Crippen LogP contribution in [0.4, 0.5) is 0 Å². The fraction of sp³-hybridized carbons (Fsp3) is 0.917. The van der Waals surface area contributed by atoms with Gasteiger partial charge in [0.15, 0.2) is 0 Å². The summed E-state index contributed by atoms with van der Waals surface area (Å²) in [5, 5.41) is 3.36. The van der Waals surface area contributed by atoms with Gasteiger partial charge < -0.3 is 11.1 Å². The molecule has 1 aliphatic carbocycles. The van der Waals surface area contributed by atoms with E-state index in [2.05, 4.69) is 5.32 Å². The molecule has 1 amide bonds. The Morgan fingerprint density at radius 2 is 1.94 bits per heavy atom. The largest absolute Gasteiger partial charge is 0.351 e. The first kappa shape index (κ1) is 12.2. The summed E-state index contributed by atoms with van der Waals surface area (Å²) in [6.45, 7) is 0. The Bertz CT molecular complexity index is 241. The smallest absolute Gasteiger partial charge is 0.233 e. The molecule has 3 atom stereocenters. The SMILES string of the molecule is NC1CCCCCC1NC(=O)C1CCCS1. The molecule has 92 valence electrons. The summed E-state index contributed by atoms with van der Waals surface area (Å²) in [7, 11) is 0. The number of thioether (sulfide) groups is 1. The minimum Gasteiger partial charge on any atom is -0.351 e. The summed E-state index contributed by atoms with van der Waals surface area (Å²) in [6.07, 6.45) is 8.02. The number of carbonyl (C=O) groups excluding carboxylic acids is 1. The maximum atomic E-state index is 12.0. The average molecular weight is 242 g/mol. The molecule has 3 N–H and O–H groups in total. The Labute approximate surface area is 102 Å². The first-order valence-electron chi connectivity index (χ1n) is 6.45. The van der Waals surface area contributed by atoms with Crippen LogP contribution in [-0.4, -0.2) is 29.0 Å². The molecule has 1 heterocycles. The summed E-state index contributed by atoms with van der Waals surface area (Å²) in [6, 6.07) is 0.383. The van der Waals surface area contributed by atoms with E-state index in [4.69, 9.17) is 5.73 Å². The van der Waals surface area contributed by atoms with Crippen LogP contribution in [0.25, 0.3) is 0 Å². The van der Waals surface area contributed by atoms with Crippen molar-refractivity contribution in [3.8, 4) is 0 Å². The van der Waals surface area contributed by atoms with Crippen molar-refractivity contribution < 1.29 is 4.79 Å². The van der Waals surface area contributed by atoms with Gasteiger partial charge >= 0.3 is 0 Å². The third kappa shape index (κ3) is 3.14. The third-order valence-electron chi connectivity index (χ3n) is 3.62. The zero-order chi connectivity index (χ0) is 11.4. The van der Waals surface area contributed by atoms with E-state index >= 15 is 0 Å². The summed E-state index contributed by atoms with van der Waals surface area (Å²) in [5.74, 6) is 1.36. The van der Waals surface area contributed by atoms with Gasteiger partial charge in [0.1, 0.15) is 0 Å². The van der Waals surface area contributed by atoms with Gasteiger partial charge in [-0.3, -0.25) is 4.79 Å². The van der Waals surface area contributed by atoms with E-state index in [1.165, 1.54) is 25.7 Å². The molecule has 1 saturated carbocycles. The van der Waals surface area contributed by atoms with Crippen LogP contribution in [0, 0.1) is 0 Å². The van der Waals surface area contributed by atoms with Crippen LogP contribution in [0.15, 0.2) is 0 Å². The lowest BCUT2D eigenvalue weighted by molar-refractivity contribution is -0.121. The molecule has 3 unspecified atom stereocenters. The van der Waals surface area contributed by atoms with Crippen LogP contribution >= 0.6 is 11.8 Å². The molecule has 0 aromatic carbocycles. The van der Waals surface area contributed by atoms with Gasteiger partial charge in [-0.05, 0) is 31.4 Å². The van der Waals surface area contributed by atoms with Gasteiger partial charge in [0.05, 0.1) is 5.25 Å². The molecule has 16 heavy (non-hydrogen) atoms. The maximum absolute atomic E-state index is 12.0. The van der Waals surface area contributed by atoms with Crippen molar-refractivity contribution in [2.24, 2.45) is 5.73 Å². The van der Waals surface area contributed by atoms with Crippen molar-refractivity contribution in [3.05, 3.63) is 0 Å². The summed E-state index contributed by atoms with van der Waals surface area (Å²) in [5.41, 5.74) is 6.10. The molecule has 0 aromatic heterocycles. The van der Waals surface area contributed by atoms with Gasteiger partial charge in [0.2, 0.25) is 5.91 Å². The zero-order valence-corrected chi connectivity index (χ0v) is 10.6. The Morgan fingerprint density at radius 3 is 2.69 bits per heavy atom. The monoisotopic (exact) mass is 242 g/mol. The highest BCUT2D eigenvalue weighted by Gasteiger charge is 2.28. The molecule has 0 spiro atoms. The van der Waals surface area contributed by atoms with Gasteiger partial charge in [0.25, 0.3) is 0 Å². The molecule has 1 saturated heterocycles. The highest BCUT2D eigenvalue weighted by Crippen LogP contribution is 2.26. The highest BCUT2D eigenvalue weighted by molar-refractivity contribution is 8.00. The van der Waals surface area contributed by atoms with Gasteiger partial charge in [-0.2, -0.15) is 0 Å². The quantitative estimate of drug-likeness (QED) is 0.724. The van der Waals surface area contributed by atoms with E-state index in [0.29, 0.717) is 0 Å².